The molecule has 0 atom stereocenters. The number of fused-ring (bicyclic) bond motifs is 1. The lowest BCUT2D eigenvalue weighted by Gasteiger charge is -2.28. The summed E-state index contributed by atoms with van der Waals surface area (Å²) >= 11 is 0. The molecule has 0 radical (unpaired) electrons. The third kappa shape index (κ3) is 8.09. The summed E-state index contributed by atoms with van der Waals surface area (Å²) in [5.41, 5.74) is 3.12. The lowest BCUT2D eigenvalue weighted by Crippen LogP contribution is -2.43. The van der Waals surface area contributed by atoms with Gasteiger partial charge in [0.05, 0.1) is 30.4 Å². The van der Waals surface area contributed by atoms with Gasteiger partial charge < -0.3 is 19.0 Å². The van der Waals surface area contributed by atoms with Crippen LogP contribution in [0.4, 0.5) is 0 Å². The van der Waals surface area contributed by atoms with Gasteiger partial charge in [0.15, 0.2) is 5.43 Å². The molecule has 0 aliphatic rings. The maximum absolute atomic E-state index is 13.9. The fraction of sp³-hybridized carbons (Fsp3) is 0.343. The molecule has 4 aromatic rings. The highest BCUT2D eigenvalue weighted by molar-refractivity contribution is 5.96. The molecule has 4 rings (SSSR count). The summed E-state index contributed by atoms with van der Waals surface area (Å²) in [5, 5.41) is 0.487. The zero-order valence-corrected chi connectivity index (χ0v) is 24.8. The van der Waals surface area contributed by atoms with Crippen molar-refractivity contribution < 1.29 is 18.7 Å². The third-order valence-electron chi connectivity index (χ3n) is 7.19. The number of hydrogen-bond acceptors (Lipinski definition) is 5. The van der Waals surface area contributed by atoms with Crippen LogP contribution in [0.5, 0.6) is 5.75 Å². The van der Waals surface area contributed by atoms with E-state index in [4.69, 9.17) is 9.15 Å². The summed E-state index contributed by atoms with van der Waals surface area (Å²) in [5.74, 6) is 0.262. The first-order valence-corrected chi connectivity index (χ1v) is 14.7. The Labute approximate surface area is 247 Å². The zero-order chi connectivity index (χ0) is 29.9. The maximum atomic E-state index is 13.9. The smallest absolute Gasteiger partial charge is 0.254 e. The predicted octanol–water partition coefficient (Wildman–Crippen LogP) is 6.75. The number of ether oxygens (including phenoxy) is 1. The van der Waals surface area contributed by atoms with Gasteiger partial charge in [0.2, 0.25) is 5.91 Å². The van der Waals surface area contributed by atoms with E-state index in [1.54, 1.807) is 46.2 Å². The highest BCUT2D eigenvalue weighted by Gasteiger charge is 2.24. The Kier molecular flexibility index (Phi) is 10.9. The molecule has 0 saturated heterocycles. The predicted molar refractivity (Wildman–Crippen MR) is 166 cm³/mol. The van der Waals surface area contributed by atoms with E-state index in [9.17, 15) is 14.4 Å². The molecule has 0 N–H and O–H groups in total. The monoisotopic (exact) mass is 568 g/mol. The molecular formula is C35H40N2O5. The van der Waals surface area contributed by atoms with Gasteiger partial charge in [-0.15, -0.1) is 0 Å². The van der Waals surface area contributed by atoms with Gasteiger partial charge in [0.25, 0.3) is 5.91 Å². The minimum Gasteiger partial charge on any atom is -0.494 e. The third-order valence-corrected chi connectivity index (χ3v) is 7.19. The number of carbonyl (C=O) groups excluding carboxylic acids is 2. The van der Waals surface area contributed by atoms with Crippen molar-refractivity contribution in [1.82, 2.24) is 9.80 Å². The molecule has 0 spiro atoms. The molecule has 0 unspecified atom stereocenters. The first-order valence-electron chi connectivity index (χ1n) is 14.7. The molecule has 1 aromatic heterocycles. The molecule has 0 saturated carbocycles. The van der Waals surface area contributed by atoms with Crippen molar-refractivity contribution >= 4 is 22.8 Å². The molecule has 0 aliphatic heterocycles. The number of benzene rings is 3. The average molecular weight is 569 g/mol. The maximum Gasteiger partial charge on any atom is 0.254 e. The highest BCUT2D eigenvalue weighted by Crippen LogP contribution is 2.18. The number of amides is 2. The van der Waals surface area contributed by atoms with E-state index in [0.717, 1.165) is 42.6 Å². The van der Waals surface area contributed by atoms with Gasteiger partial charge in [0, 0.05) is 18.7 Å². The van der Waals surface area contributed by atoms with Crippen molar-refractivity contribution in [2.45, 2.75) is 59.5 Å². The fourth-order valence-electron chi connectivity index (χ4n) is 4.71. The topological polar surface area (TPSA) is 80.1 Å². The first kappa shape index (κ1) is 30.6. The van der Waals surface area contributed by atoms with Gasteiger partial charge in [-0.2, -0.15) is 0 Å². The molecule has 7 heteroatoms. The van der Waals surface area contributed by atoms with Crippen LogP contribution in [0.3, 0.4) is 0 Å². The molecule has 0 aliphatic carbocycles. The second-order valence-corrected chi connectivity index (χ2v) is 10.6. The highest BCUT2D eigenvalue weighted by atomic mass is 16.5. The van der Waals surface area contributed by atoms with Crippen LogP contribution in [0.25, 0.3) is 11.0 Å². The lowest BCUT2D eigenvalue weighted by molar-refractivity contribution is -0.133. The zero-order valence-electron chi connectivity index (χ0n) is 24.8. The van der Waals surface area contributed by atoms with Crippen molar-refractivity contribution in [2.24, 2.45) is 0 Å². The van der Waals surface area contributed by atoms with Crippen molar-refractivity contribution in [3.05, 3.63) is 112 Å². The Morgan fingerprint density at radius 1 is 0.857 bits per heavy atom. The van der Waals surface area contributed by atoms with E-state index < -0.39 is 0 Å². The van der Waals surface area contributed by atoms with Crippen LogP contribution in [0.15, 0.2) is 88.3 Å². The van der Waals surface area contributed by atoms with E-state index in [1.165, 1.54) is 6.26 Å². The number of hydrogen-bond donors (Lipinski definition) is 0. The van der Waals surface area contributed by atoms with E-state index in [-0.39, 0.29) is 30.3 Å². The Morgan fingerprint density at radius 2 is 1.60 bits per heavy atom. The van der Waals surface area contributed by atoms with Gasteiger partial charge in [-0.1, -0.05) is 68.7 Å². The van der Waals surface area contributed by atoms with Crippen LogP contribution < -0.4 is 10.2 Å². The van der Waals surface area contributed by atoms with Crippen LogP contribution in [-0.4, -0.2) is 41.3 Å². The molecule has 220 valence electrons. The van der Waals surface area contributed by atoms with E-state index in [2.05, 4.69) is 13.8 Å². The number of carbonyl (C=O) groups is 2. The Balaban J connectivity index is 1.57. The molecule has 0 fully saturated rings. The van der Waals surface area contributed by atoms with Crippen LogP contribution in [-0.2, 0) is 17.9 Å². The van der Waals surface area contributed by atoms with Gasteiger partial charge in [-0.3, -0.25) is 14.4 Å². The van der Waals surface area contributed by atoms with Crippen LogP contribution in [0.1, 0.15) is 66.6 Å². The van der Waals surface area contributed by atoms with Crippen molar-refractivity contribution in [3.63, 3.8) is 0 Å². The largest absolute Gasteiger partial charge is 0.494 e. The number of nitrogens with zero attached hydrogens (tertiary/aromatic N) is 2. The minimum absolute atomic E-state index is 0.0690. The first-order chi connectivity index (χ1) is 20.4. The minimum atomic E-state index is -0.244. The van der Waals surface area contributed by atoms with E-state index in [1.807, 2.05) is 43.3 Å². The molecule has 42 heavy (non-hydrogen) atoms. The lowest BCUT2D eigenvalue weighted by atomic mass is 10.1. The number of rotatable bonds is 14. The second-order valence-electron chi connectivity index (χ2n) is 10.6. The molecule has 1 heterocycles. The van der Waals surface area contributed by atoms with Gasteiger partial charge >= 0.3 is 0 Å². The summed E-state index contributed by atoms with van der Waals surface area (Å²) in [7, 11) is 0. The van der Waals surface area contributed by atoms with Crippen molar-refractivity contribution in [3.8, 4) is 5.75 Å². The van der Waals surface area contributed by atoms with Crippen molar-refractivity contribution in [1.29, 1.82) is 0 Å². The molecule has 7 nitrogen and oxygen atoms in total. The van der Waals surface area contributed by atoms with E-state index >= 15 is 0 Å². The van der Waals surface area contributed by atoms with Crippen LogP contribution in [0, 0.1) is 6.92 Å². The second kappa shape index (κ2) is 15.0. The van der Waals surface area contributed by atoms with Gasteiger partial charge in [-0.25, -0.2) is 0 Å². The fourth-order valence-corrected chi connectivity index (χ4v) is 4.71. The van der Waals surface area contributed by atoms with Gasteiger partial charge in [0.1, 0.15) is 17.9 Å². The average Bonchev–Trinajstić information content (AvgIpc) is 3.01. The summed E-state index contributed by atoms with van der Waals surface area (Å²) in [6, 6.07) is 22.2. The molecular weight excluding hydrogens is 528 g/mol. The molecule has 0 bridgehead atoms. The molecule has 2 amide bonds. The quantitative estimate of drug-likeness (QED) is 0.157. The van der Waals surface area contributed by atoms with Crippen LogP contribution >= 0.6 is 0 Å². The van der Waals surface area contributed by atoms with Crippen molar-refractivity contribution in [2.75, 3.05) is 19.7 Å². The summed E-state index contributed by atoms with van der Waals surface area (Å²) in [6.07, 6.45) is 5.10. The Morgan fingerprint density at radius 3 is 2.31 bits per heavy atom. The van der Waals surface area contributed by atoms with E-state index in [0.29, 0.717) is 41.8 Å². The van der Waals surface area contributed by atoms with Crippen LogP contribution in [0.2, 0.25) is 0 Å². The number of unbranched alkanes of at least 4 members (excludes halogenated alkanes) is 2. The summed E-state index contributed by atoms with van der Waals surface area (Å²) < 4.78 is 11.5. The number of aryl methyl sites for hydroxylation is 1. The Hall–Kier alpha value is -4.39. The summed E-state index contributed by atoms with van der Waals surface area (Å²) in [6.45, 7) is 7.43. The summed E-state index contributed by atoms with van der Waals surface area (Å²) in [4.78, 5) is 44.1. The normalized spacial score (nSPS) is 10.9. The standard InChI is InChI=1S/C35H40N2O5/c1-4-6-19-36(35(40)28-14-16-30(17-15-28)41-20-7-5-2)24-33(38)37(22-27-11-9-8-10-12-27)23-29-25-42-32-18-13-26(3)21-31(32)34(29)39/h8-18,21,25H,4-7,19-20,22-24H2,1-3H3. The Bertz CT molecular complexity index is 1530. The van der Waals surface area contributed by atoms with Gasteiger partial charge in [-0.05, 0) is 61.7 Å². The molecule has 3 aromatic carbocycles. The SMILES string of the molecule is CCCCOc1ccc(C(=O)N(CCCC)CC(=O)N(Cc2ccccc2)Cc2coc3ccc(C)cc3c2=O)cc1.